The van der Waals surface area contributed by atoms with Gasteiger partial charge in [-0.3, -0.25) is 0 Å². The lowest BCUT2D eigenvalue weighted by atomic mass is 10.2. The molecule has 1 aromatic heterocycles. The van der Waals surface area contributed by atoms with Crippen molar-refractivity contribution >= 4 is 11.0 Å². The van der Waals surface area contributed by atoms with Crippen molar-refractivity contribution in [3.8, 4) is 0 Å². The molecule has 0 aliphatic carbocycles. The Morgan fingerprint density at radius 2 is 2.29 bits per heavy atom. The highest BCUT2D eigenvalue weighted by molar-refractivity contribution is 5.76. The standard InChI is InChI=1S/C10H13N3O/c11-6-8-1-2-10-9(5-8)12-7-13(10)3-4-14/h1-2,5,7,14H,3-4,6,11H2. The molecule has 74 valence electrons. The van der Waals surface area contributed by atoms with Gasteiger partial charge in [-0.15, -0.1) is 0 Å². The first kappa shape index (κ1) is 9.18. The molecule has 4 heteroatoms. The Morgan fingerprint density at radius 1 is 1.43 bits per heavy atom. The first-order valence-electron chi connectivity index (χ1n) is 4.60. The molecule has 1 heterocycles. The highest BCUT2D eigenvalue weighted by atomic mass is 16.3. The van der Waals surface area contributed by atoms with Crippen LogP contribution in [0.5, 0.6) is 0 Å². The van der Waals surface area contributed by atoms with E-state index in [4.69, 9.17) is 10.8 Å². The number of benzene rings is 1. The summed E-state index contributed by atoms with van der Waals surface area (Å²) in [5, 5.41) is 8.83. The molecule has 1 aromatic carbocycles. The van der Waals surface area contributed by atoms with Crippen LogP contribution in [-0.4, -0.2) is 21.3 Å². The number of fused-ring (bicyclic) bond motifs is 1. The van der Waals surface area contributed by atoms with Gasteiger partial charge in [0.05, 0.1) is 24.0 Å². The maximum atomic E-state index is 8.83. The topological polar surface area (TPSA) is 64.1 Å². The van der Waals surface area contributed by atoms with Crippen molar-refractivity contribution in [1.82, 2.24) is 9.55 Å². The normalized spacial score (nSPS) is 11.0. The van der Waals surface area contributed by atoms with Crippen LogP contribution in [0.3, 0.4) is 0 Å². The predicted octanol–water partition coefficient (Wildman–Crippen LogP) is 0.487. The zero-order valence-electron chi connectivity index (χ0n) is 7.85. The monoisotopic (exact) mass is 191 g/mol. The van der Waals surface area contributed by atoms with Gasteiger partial charge < -0.3 is 15.4 Å². The number of nitrogens with two attached hydrogens (primary N) is 1. The van der Waals surface area contributed by atoms with E-state index in [2.05, 4.69) is 4.98 Å². The SMILES string of the molecule is NCc1ccc2c(c1)ncn2CCO. The summed E-state index contributed by atoms with van der Waals surface area (Å²) in [4.78, 5) is 4.24. The van der Waals surface area contributed by atoms with E-state index < -0.39 is 0 Å². The Bertz CT molecular complexity index is 436. The maximum absolute atomic E-state index is 8.83. The third-order valence-electron chi connectivity index (χ3n) is 2.26. The molecule has 0 spiro atoms. The lowest BCUT2D eigenvalue weighted by Crippen LogP contribution is -2.00. The molecule has 0 fully saturated rings. The molecule has 0 saturated heterocycles. The predicted molar refractivity (Wildman–Crippen MR) is 54.7 cm³/mol. The summed E-state index contributed by atoms with van der Waals surface area (Å²) in [7, 11) is 0. The highest BCUT2D eigenvalue weighted by Gasteiger charge is 2.01. The number of imidazole rings is 1. The molecule has 0 aliphatic heterocycles. The van der Waals surface area contributed by atoms with E-state index in [0.717, 1.165) is 16.6 Å². The fraction of sp³-hybridized carbons (Fsp3) is 0.300. The number of rotatable bonds is 3. The molecular formula is C10H13N3O. The molecule has 0 aliphatic rings. The van der Waals surface area contributed by atoms with Crippen molar-refractivity contribution in [2.24, 2.45) is 5.73 Å². The van der Waals surface area contributed by atoms with Gasteiger partial charge in [-0.1, -0.05) is 6.07 Å². The minimum atomic E-state index is 0.129. The summed E-state index contributed by atoms with van der Waals surface area (Å²) in [5.74, 6) is 0. The summed E-state index contributed by atoms with van der Waals surface area (Å²) < 4.78 is 1.93. The van der Waals surface area contributed by atoms with Crippen LogP contribution in [0.4, 0.5) is 0 Å². The molecular weight excluding hydrogens is 178 g/mol. The number of aromatic nitrogens is 2. The largest absolute Gasteiger partial charge is 0.395 e. The molecule has 2 rings (SSSR count). The number of nitrogens with zero attached hydrogens (tertiary/aromatic N) is 2. The van der Waals surface area contributed by atoms with Gasteiger partial charge >= 0.3 is 0 Å². The molecule has 0 atom stereocenters. The third-order valence-corrected chi connectivity index (χ3v) is 2.26. The molecule has 0 amide bonds. The van der Waals surface area contributed by atoms with Gasteiger partial charge in [-0.25, -0.2) is 4.98 Å². The van der Waals surface area contributed by atoms with Gasteiger partial charge in [0.2, 0.25) is 0 Å². The van der Waals surface area contributed by atoms with Crippen molar-refractivity contribution < 1.29 is 5.11 Å². The third kappa shape index (κ3) is 1.49. The second-order valence-corrected chi connectivity index (χ2v) is 3.19. The average molecular weight is 191 g/mol. The summed E-state index contributed by atoms with van der Waals surface area (Å²) in [5.41, 5.74) is 8.58. The lowest BCUT2D eigenvalue weighted by Gasteiger charge is -2.01. The smallest absolute Gasteiger partial charge is 0.0959 e. The lowest BCUT2D eigenvalue weighted by molar-refractivity contribution is 0.278. The van der Waals surface area contributed by atoms with Crippen LogP contribution >= 0.6 is 0 Å². The van der Waals surface area contributed by atoms with E-state index in [1.165, 1.54) is 0 Å². The van der Waals surface area contributed by atoms with Crippen LogP contribution in [0.2, 0.25) is 0 Å². The molecule has 14 heavy (non-hydrogen) atoms. The maximum Gasteiger partial charge on any atom is 0.0959 e. The molecule has 4 nitrogen and oxygen atoms in total. The van der Waals surface area contributed by atoms with Crippen molar-refractivity contribution in [3.63, 3.8) is 0 Å². The molecule has 0 bridgehead atoms. The van der Waals surface area contributed by atoms with E-state index in [9.17, 15) is 0 Å². The van der Waals surface area contributed by atoms with Crippen molar-refractivity contribution in [2.75, 3.05) is 6.61 Å². The number of aliphatic hydroxyl groups is 1. The van der Waals surface area contributed by atoms with E-state index >= 15 is 0 Å². The second kappa shape index (κ2) is 3.77. The van der Waals surface area contributed by atoms with Crippen LogP contribution < -0.4 is 5.73 Å². The molecule has 0 unspecified atom stereocenters. The number of aliphatic hydroxyl groups excluding tert-OH is 1. The zero-order chi connectivity index (χ0) is 9.97. The van der Waals surface area contributed by atoms with Crippen LogP contribution in [-0.2, 0) is 13.1 Å². The average Bonchev–Trinajstić information content (AvgIpc) is 2.61. The van der Waals surface area contributed by atoms with Gasteiger partial charge in [-0.05, 0) is 17.7 Å². The summed E-state index contributed by atoms with van der Waals surface area (Å²) in [6, 6.07) is 5.95. The van der Waals surface area contributed by atoms with E-state index in [0.29, 0.717) is 13.1 Å². The number of hydrogen-bond acceptors (Lipinski definition) is 3. The molecule has 0 radical (unpaired) electrons. The van der Waals surface area contributed by atoms with Crippen LogP contribution in [0.15, 0.2) is 24.5 Å². The van der Waals surface area contributed by atoms with Crippen LogP contribution in [0.25, 0.3) is 11.0 Å². The van der Waals surface area contributed by atoms with Crippen molar-refractivity contribution in [1.29, 1.82) is 0 Å². The van der Waals surface area contributed by atoms with Gasteiger partial charge in [0.25, 0.3) is 0 Å². The first-order valence-corrected chi connectivity index (χ1v) is 4.60. The van der Waals surface area contributed by atoms with Crippen molar-refractivity contribution in [3.05, 3.63) is 30.1 Å². The Balaban J connectivity index is 2.48. The van der Waals surface area contributed by atoms with Crippen LogP contribution in [0, 0.1) is 0 Å². The van der Waals surface area contributed by atoms with Gasteiger partial charge in [0.1, 0.15) is 0 Å². The highest BCUT2D eigenvalue weighted by Crippen LogP contribution is 2.14. The van der Waals surface area contributed by atoms with Gasteiger partial charge in [0, 0.05) is 13.1 Å². The van der Waals surface area contributed by atoms with E-state index in [1.54, 1.807) is 6.33 Å². The van der Waals surface area contributed by atoms with Gasteiger partial charge in [0.15, 0.2) is 0 Å². The Hall–Kier alpha value is -1.39. The fourth-order valence-corrected chi connectivity index (χ4v) is 1.52. The molecule has 2 aromatic rings. The first-order chi connectivity index (χ1) is 6.85. The fourth-order valence-electron chi connectivity index (χ4n) is 1.52. The quantitative estimate of drug-likeness (QED) is 0.742. The van der Waals surface area contributed by atoms with Crippen LogP contribution in [0.1, 0.15) is 5.56 Å². The Kier molecular flexibility index (Phi) is 2.47. The molecule has 3 N–H and O–H groups in total. The van der Waals surface area contributed by atoms with E-state index in [-0.39, 0.29) is 6.61 Å². The summed E-state index contributed by atoms with van der Waals surface area (Å²) >= 11 is 0. The second-order valence-electron chi connectivity index (χ2n) is 3.19. The summed E-state index contributed by atoms with van der Waals surface area (Å²) in [6.45, 7) is 1.24. The minimum absolute atomic E-state index is 0.129. The molecule has 0 saturated carbocycles. The van der Waals surface area contributed by atoms with Gasteiger partial charge in [-0.2, -0.15) is 0 Å². The zero-order valence-corrected chi connectivity index (χ0v) is 7.85. The Morgan fingerprint density at radius 3 is 3.00 bits per heavy atom. The summed E-state index contributed by atoms with van der Waals surface area (Å²) in [6.07, 6.45) is 1.74. The van der Waals surface area contributed by atoms with E-state index in [1.807, 2.05) is 22.8 Å². The minimum Gasteiger partial charge on any atom is -0.395 e. The van der Waals surface area contributed by atoms with Crippen molar-refractivity contribution in [2.45, 2.75) is 13.1 Å². The number of hydrogen-bond donors (Lipinski definition) is 2. The Labute approximate surface area is 82.0 Å².